The van der Waals surface area contributed by atoms with Crippen LogP contribution in [0.1, 0.15) is 0 Å². The van der Waals surface area contributed by atoms with Gasteiger partial charge in [-0.25, -0.2) is 0 Å². The second kappa shape index (κ2) is 3.69. The summed E-state index contributed by atoms with van der Waals surface area (Å²) in [4.78, 5) is -1.58. The van der Waals surface area contributed by atoms with Crippen LogP contribution in [0.15, 0.2) is 0 Å². The van der Waals surface area contributed by atoms with Crippen molar-refractivity contribution in [2.24, 2.45) is 0 Å². The van der Waals surface area contributed by atoms with E-state index in [1.165, 1.54) is 0 Å². The van der Waals surface area contributed by atoms with E-state index in [1.807, 2.05) is 0 Å². The summed E-state index contributed by atoms with van der Waals surface area (Å²) in [5, 5.41) is 0. The molecular formula is C4H4ClF6N. The molecule has 0 amide bonds. The molecule has 0 saturated heterocycles. The number of rotatable bonds is 2. The van der Waals surface area contributed by atoms with Gasteiger partial charge in [0.2, 0.25) is 0 Å². The molecule has 0 N–H and O–H groups in total. The van der Waals surface area contributed by atoms with Crippen molar-refractivity contribution in [1.29, 1.82) is 0 Å². The van der Waals surface area contributed by atoms with Crippen molar-refractivity contribution in [2.75, 3.05) is 12.4 Å². The summed E-state index contributed by atoms with van der Waals surface area (Å²) < 4.78 is 69.3. The van der Waals surface area contributed by atoms with E-state index in [4.69, 9.17) is 11.6 Å². The molecular weight excluding hydrogens is 211 g/mol. The lowest BCUT2D eigenvalue weighted by Crippen LogP contribution is -2.48. The van der Waals surface area contributed by atoms with E-state index in [-0.39, 0.29) is 0 Å². The summed E-state index contributed by atoms with van der Waals surface area (Å²) in [5.74, 6) is -0.737. The fraction of sp³-hybridized carbons (Fsp3) is 1.00. The van der Waals surface area contributed by atoms with Crippen LogP contribution in [-0.4, -0.2) is 29.9 Å². The molecule has 0 saturated carbocycles. The zero-order valence-electron chi connectivity index (χ0n) is 5.51. The number of hydrogen-bond donors (Lipinski definition) is 0. The van der Waals surface area contributed by atoms with Gasteiger partial charge in [-0.15, -0.1) is 16.5 Å². The lowest BCUT2D eigenvalue weighted by Gasteiger charge is -2.25. The van der Waals surface area contributed by atoms with Crippen LogP contribution in [0.2, 0.25) is 0 Å². The van der Waals surface area contributed by atoms with Gasteiger partial charge in [-0.2, -0.15) is 26.3 Å². The minimum Gasteiger partial charge on any atom is -0.155 e. The molecule has 0 fully saturated rings. The van der Waals surface area contributed by atoms with E-state index in [0.717, 1.165) is 0 Å². The fourth-order valence-electron chi connectivity index (χ4n) is 0.482. The molecule has 0 aromatic heterocycles. The zero-order chi connectivity index (χ0) is 9.99. The van der Waals surface area contributed by atoms with Gasteiger partial charge >= 0.3 is 12.6 Å². The molecule has 0 heterocycles. The summed E-state index contributed by atoms with van der Waals surface area (Å²) in [6.45, 7) is -1.30. The third kappa shape index (κ3) is 3.48. The first-order valence-electron chi connectivity index (χ1n) is 2.66. The third-order valence-electron chi connectivity index (χ3n) is 0.920. The zero-order valence-corrected chi connectivity index (χ0v) is 6.26. The van der Waals surface area contributed by atoms with Crippen molar-refractivity contribution in [2.45, 2.75) is 12.6 Å². The maximum Gasteiger partial charge on any atom is 0.467 e. The van der Waals surface area contributed by atoms with Crippen molar-refractivity contribution < 1.29 is 26.3 Å². The Hall–Kier alpha value is -0.170. The van der Waals surface area contributed by atoms with Crippen LogP contribution in [0.3, 0.4) is 0 Å². The number of alkyl halides is 7. The number of nitrogens with zero attached hydrogens (tertiary/aromatic N) is 1. The van der Waals surface area contributed by atoms with Crippen LogP contribution in [0.4, 0.5) is 26.3 Å². The van der Waals surface area contributed by atoms with Crippen molar-refractivity contribution in [3.05, 3.63) is 0 Å². The third-order valence-corrected chi connectivity index (χ3v) is 1.09. The minimum atomic E-state index is -5.42. The second-order valence-corrected chi connectivity index (χ2v) is 2.15. The SMILES string of the molecule is FC(F)(F)N(CCCl)C(F)(F)F. The molecule has 74 valence electrons. The first kappa shape index (κ1) is 11.8. The van der Waals surface area contributed by atoms with Crippen molar-refractivity contribution in [3.8, 4) is 0 Å². The standard InChI is InChI=1S/C4H4ClF6N/c5-1-2-12(3(6,7)8)4(9,10)11/h1-2H2. The Balaban J connectivity index is 4.45. The van der Waals surface area contributed by atoms with Crippen molar-refractivity contribution in [3.63, 3.8) is 0 Å². The van der Waals surface area contributed by atoms with Gasteiger partial charge < -0.3 is 0 Å². The quantitative estimate of drug-likeness (QED) is 0.389. The molecule has 8 heteroatoms. The first-order chi connectivity index (χ1) is 5.19. The summed E-state index contributed by atoms with van der Waals surface area (Å²) in [7, 11) is 0. The molecule has 0 aliphatic heterocycles. The maximum absolute atomic E-state index is 11.6. The van der Waals surface area contributed by atoms with Crippen LogP contribution < -0.4 is 0 Å². The van der Waals surface area contributed by atoms with E-state index in [9.17, 15) is 26.3 Å². The van der Waals surface area contributed by atoms with Crippen LogP contribution >= 0.6 is 11.6 Å². The predicted octanol–water partition coefficient (Wildman–Crippen LogP) is 2.57. The average Bonchev–Trinajstić information content (AvgIpc) is 1.77. The average molecular weight is 216 g/mol. The molecule has 0 atom stereocenters. The summed E-state index contributed by atoms with van der Waals surface area (Å²) in [5.41, 5.74) is 0. The Morgan fingerprint density at radius 3 is 1.33 bits per heavy atom. The molecule has 0 bridgehead atoms. The molecule has 12 heavy (non-hydrogen) atoms. The molecule has 1 nitrogen and oxygen atoms in total. The molecule has 0 rings (SSSR count). The molecule has 0 aliphatic rings. The largest absolute Gasteiger partial charge is 0.467 e. The normalized spacial score (nSPS) is 14.0. The number of halogens is 7. The topological polar surface area (TPSA) is 3.24 Å². The van der Waals surface area contributed by atoms with Crippen LogP contribution in [0.25, 0.3) is 0 Å². The highest BCUT2D eigenvalue weighted by molar-refractivity contribution is 6.18. The van der Waals surface area contributed by atoms with Gasteiger partial charge in [0.15, 0.2) is 0 Å². The van der Waals surface area contributed by atoms with E-state index >= 15 is 0 Å². The van der Waals surface area contributed by atoms with Crippen molar-refractivity contribution >= 4 is 11.6 Å². The molecule has 0 unspecified atom stereocenters. The van der Waals surface area contributed by atoms with Gasteiger partial charge in [0, 0.05) is 12.4 Å². The monoisotopic (exact) mass is 215 g/mol. The van der Waals surface area contributed by atoms with Gasteiger partial charge in [0.1, 0.15) is 0 Å². The lowest BCUT2D eigenvalue weighted by atomic mass is 10.6. The van der Waals surface area contributed by atoms with Crippen LogP contribution in [-0.2, 0) is 0 Å². The van der Waals surface area contributed by atoms with Crippen molar-refractivity contribution in [1.82, 2.24) is 4.90 Å². The highest BCUT2D eigenvalue weighted by atomic mass is 35.5. The predicted molar refractivity (Wildman–Crippen MR) is 29.5 cm³/mol. The van der Waals surface area contributed by atoms with Gasteiger partial charge in [-0.1, -0.05) is 0 Å². The summed E-state index contributed by atoms with van der Waals surface area (Å²) in [6.07, 6.45) is -10.8. The Kier molecular flexibility index (Phi) is 3.64. The van der Waals surface area contributed by atoms with Crippen LogP contribution in [0.5, 0.6) is 0 Å². The minimum absolute atomic E-state index is 0.737. The Morgan fingerprint density at radius 1 is 0.917 bits per heavy atom. The maximum atomic E-state index is 11.6. The smallest absolute Gasteiger partial charge is 0.155 e. The molecule has 0 aromatic carbocycles. The Morgan fingerprint density at radius 2 is 1.25 bits per heavy atom. The van der Waals surface area contributed by atoms with E-state index in [1.54, 1.807) is 0 Å². The Bertz CT molecular complexity index is 125. The van der Waals surface area contributed by atoms with E-state index < -0.39 is 29.9 Å². The summed E-state index contributed by atoms with van der Waals surface area (Å²) >= 11 is 4.77. The van der Waals surface area contributed by atoms with Gasteiger partial charge in [-0.3, -0.25) is 0 Å². The summed E-state index contributed by atoms with van der Waals surface area (Å²) in [6, 6.07) is 0. The highest BCUT2D eigenvalue weighted by Crippen LogP contribution is 2.32. The van der Waals surface area contributed by atoms with E-state index in [0.29, 0.717) is 0 Å². The Labute approximate surface area is 68.9 Å². The van der Waals surface area contributed by atoms with Gasteiger partial charge in [-0.05, 0) is 0 Å². The highest BCUT2D eigenvalue weighted by Gasteiger charge is 2.53. The number of hydrogen-bond acceptors (Lipinski definition) is 1. The molecule has 0 aliphatic carbocycles. The first-order valence-corrected chi connectivity index (χ1v) is 3.20. The van der Waals surface area contributed by atoms with Gasteiger partial charge in [0.25, 0.3) is 0 Å². The molecule has 0 spiro atoms. The molecule has 0 aromatic rings. The van der Waals surface area contributed by atoms with Gasteiger partial charge in [0.05, 0.1) is 0 Å². The lowest BCUT2D eigenvalue weighted by molar-refractivity contribution is -0.371. The fourth-order valence-corrected chi connectivity index (χ4v) is 0.651. The van der Waals surface area contributed by atoms with E-state index in [2.05, 4.69) is 0 Å². The van der Waals surface area contributed by atoms with Crippen LogP contribution in [0, 0.1) is 0 Å². The molecule has 0 radical (unpaired) electrons. The second-order valence-electron chi connectivity index (χ2n) is 1.78.